The van der Waals surface area contributed by atoms with Crippen molar-refractivity contribution in [1.29, 1.82) is 0 Å². The molecule has 2 aromatic carbocycles. The number of ether oxygens (including phenoxy) is 1. The molecule has 0 bridgehead atoms. The molecule has 3 aromatic rings. The van der Waals surface area contributed by atoms with E-state index in [-0.39, 0.29) is 12.5 Å². The van der Waals surface area contributed by atoms with E-state index in [1.807, 2.05) is 36.5 Å². The van der Waals surface area contributed by atoms with E-state index in [1.54, 1.807) is 7.11 Å². The lowest BCUT2D eigenvalue weighted by Crippen LogP contribution is -2.34. The number of aliphatic hydroxyl groups is 1. The second-order valence-corrected chi connectivity index (χ2v) is 9.08. The minimum Gasteiger partial charge on any atom is -0.508 e. The molecule has 1 atom stereocenters. The summed E-state index contributed by atoms with van der Waals surface area (Å²) in [6, 6.07) is 16.2. The number of hydrogen-bond donors (Lipinski definition) is 3. The standard InChI is InChI=1S/C27H31N3O3/c1-33-26-5-3-2-4-22(26)24-15-29-27-23(24)12-21(14-28-27)19-6-7-20(25(32)13-19)16-30-10-8-18(17-31)9-11-30/h2-7,12-14,18,24,31-32H,8-11,15-17H2,1H3,(H,28,29). The van der Waals surface area contributed by atoms with Gasteiger partial charge in [-0.2, -0.15) is 0 Å². The first-order valence-electron chi connectivity index (χ1n) is 11.7. The second kappa shape index (κ2) is 9.41. The molecule has 3 N–H and O–H groups in total. The maximum atomic E-state index is 10.8. The molecule has 0 radical (unpaired) electrons. The summed E-state index contributed by atoms with van der Waals surface area (Å²) in [5, 5.41) is 23.5. The summed E-state index contributed by atoms with van der Waals surface area (Å²) in [5.41, 5.74) is 5.17. The lowest BCUT2D eigenvalue weighted by molar-refractivity contribution is 0.127. The Morgan fingerprint density at radius 1 is 1.06 bits per heavy atom. The molecule has 0 aliphatic carbocycles. The first kappa shape index (κ1) is 21.7. The van der Waals surface area contributed by atoms with Gasteiger partial charge in [0.15, 0.2) is 0 Å². The minimum atomic E-state index is 0.165. The molecule has 0 spiro atoms. The fraction of sp³-hybridized carbons (Fsp3) is 0.370. The normalized spacial score (nSPS) is 18.7. The van der Waals surface area contributed by atoms with Gasteiger partial charge in [0.25, 0.3) is 0 Å². The number of piperidine rings is 1. The predicted octanol–water partition coefficient (Wildman–Crippen LogP) is 4.22. The van der Waals surface area contributed by atoms with Gasteiger partial charge in [-0.1, -0.05) is 30.3 Å². The van der Waals surface area contributed by atoms with Crippen LogP contribution in [0.4, 0.5) is 5.82 Å². The van der Waals surface area contributed by atoms with Gasteiger partial charge < -0.3 is 20.3 Å². The van der Waals surface area contributed by atoms with E-state index in [1.165, 1.54) is 0 Å². The van der Waals surface area contributed by atoms with Gasteiger partial charge in [-0.3, -0.25) is 4.90 Å². The quantitative estimate of drug-likeness (QED) is 0.527. The smallest absolute Gasteiger partial charge is 0.129 e. The van der Waals surface area contributed by atoms with Gasteiger partial charge in [0.05, 0.1) is 7.11 Å². The number of aromatic hydroxyl groups is 1. The van der Waals surface area contributed by atoms with Crippen LogP contribution >= 0.6 is 0 Å². The second-order valence-electron chi connectivity index (χ2n) is 9.08. The number of anilines is 1. The summed E-state index contributed by atoms with van der Waals surface area (Å²) in [6.07, 6.45) is 3.89. The number of aliphatic hydroxyl groups excluding tert-OH is 1. The average Bonchev–Trinajstić information content (AvgIpc) is 3.29. The number of aromatic nitrogens is 1. The van der Waals surface area contributed by atoms with E-state index >= 15 is 0 Å². The lowest BCUT2D eigenvalue weighted by atomic mass is 9.91. The third kappa shape index (κ3) is 4.41. The molecular weight excluding hydrogens is 414 g/mol. The van der Waals surface area contributed by atoms with Gasteiger partial charge in [-0.05, 0) is 55.6 Å². The van der Waals surface area contributed by atoms with E-state index in [9.17, 15) is 10.2 Å². The van der Waals surface area contributed by atoms with Crippen molar-refractivity contribution in [3.8, 4) is 22.6 Å². The van der Waals surface area contributed by atoms with Crippen molar-refractivity contribution in [1.82, 2.24) is 9.88 Å². The summed E-state index contributed by atoms with van der Waals surface area (Å²) in [7, 11) is 1.70. The maximum Gasteiger partial charge on any atom is 0.129 e. The van der Waals surface area contributed by atoms with Crippen molar-refractivity contribution in [2.75, 3.05) is 38.7 Å². The van der Waals surface area contributed by atoms with Crippen molar-refractivity contribution in [2.45, 2.75) is 25.3 Å². The van der Waals surface area contributed by atoms with Crippen LogP contribution in [0.25, 0.3) is 11.1 Å². The SMILES string of the molecule is COc1ccccc1C1CNc2ncc(-c3ccc(CN4CCC(CO)CC4)c(O)c3)cc21. The van der Waals surface area contributed by atoms with E-state index in [4.69, 9.17) is 4.74 Å². The van der Waals surface area contributed by atoms with Crippen LogP contribution in [0.15, 0.2) is 54.7 Å². The van der Waals surface area contributed by atoms with Gasteiger partial charge in [-0.15, -0.1) is 0 Å². The van der Waals surface area contributed by atoms with Crippen molar-refractivity contribution >= 4 is 5.82 Å². The Hall–Kier alpha value is -3.09. The van der Waals surface area contributed by atoms with Crippen molar-refractivity contribution in [2.24, 2.45) is 5.92 Å². The van der Waals surface area contributed by atoms with Gasteiger partial charge in [-0.25, -0.2) is 4.98 Å². The number of pyridine rings is 1. The van der Waals surface area contributed by atoms with Crippen LogP contribution in [0, 0.1) is 5.92 Å². The van der Waals surface area contributed by atoms with Crippen molar-refractivity contribution < 1.29 is 14.9 Å². The number of phenolic OH excluding ortho intramolecular Hbond substituents is 1. The Kier molecular flexibility index (Phi) is 6.20. The highest BCUT2D eigenvalue weighted by Gasteiger charge is 2.27. The maximum absolute atomic E-state index is 10.8. The number of fused-ring (bicyclic) bond motifs is 1. The highest BCUT2D eigenvalue weighted by Crippen LogP contribution is 2.40. The van der Waals surface area contributed by atoms with Crippen molar-refractivity contribution in [3.05, 3.63) is 71.4 Å². The molecule has 33 heavy (non-hydrogen) atoms. The number of benzene rings is 2. The number of methoxy groups -OCH3 is 1. The van der Waals surface area contributed by atoms with Crippen LogP contribution in [-0.2, 0) is 6.54 Å². The Morgan fingerprint density at radius 2 is 1.88 bits per heavy atom. The van der Waals surface area contributed by atoms with Crippen LogP contribution in [0.3, 0.4) is 0 Å². The predicted molar refractivity (Wildman–Crippen MR) is 130 cm³/mol. The zero-order chi connectivity index (χ0) is 22.8. The van der Waals surface area contributed by atoms with E-state index < -0.39 is 0 Å². The average molecular weight is 446 g/mol. The Labute approximate surface area is 194 Å². The molecule has 1 aromatic heterocycles. The highest BCUT2D eigenvalue weighted by molar-refractivity contribution is 5.70. The molecule has 2 aliphatic heterocycles. The molecule has 1 fully saturated rings. The molecule has 1 unspecified atom stereocenters. The number of para-hydroxylation sites is 1. The third-order valence-corrected chi connectivity index (χ3v) is 7.06. The fourth-order valence-electron chi connectivity index (χ4n) is 5.04. The van der Waals surface area contributed by atoms with Crippen LogP contribution in [0.5, 0.6) is 11.5 Å². The number of rotatable bonds is 6. The van der Waals surface area contributed by atoms with Gasteiger partial charge in [0.2, 0.25) is 0 Å². The van der Waals surface area contributed by atoms with E-state index in [2.05, 4.69) is 33.4 Å². The fourth-order valence-corrected chi connectivity index (χ4v) is 5.04. The summed E-state index contributed by atoms with van der Waals surface area (Å²) in [6.45, 7) is 3.70. The molecule has 2 aliphatic rings. The zero-order valence-corrected chi connectivity index (χ0v) is 19.0. The molecule has 172 valence electrons. The van der Waals surface area contributed by atoms with E-state index in [0.717, 1.165) is 78.4 Å². The third-order valence-electron chi connectivity index (χ3n) is 7.06. The summed E-state index contributed by atoms with van der Waals surface area (Å²) < 4.78 is 5.59. The number of phenols is 1. The molecular formula is C27H31N3O3. The molecule has 6 heteroatoms. The van der Waals surface area contributed by atoms with Crippen LogP contribution in [-0.4, -0.2) is 53.4 Å². The first-order chi connectivity index (χ1) is 16.2. The molecule has 6 nitrogen and oxygen atoms in total. The summed E-state index contributed by atoms with van der Waals surface area (Å²) in [5.74, 6) is 2.68. The number of nitrogens with zero attached hydrogens (tertiary/aromatic N) is 2. The molecule has 0 saturated carbocycles. The number of nitrogens with one attached hydrogen (secondary N) is 1. The number of likely N-dealkylation sites (tertiary alicyclic amines) is 1. The van der Waals surface area contributed by atoms with Gasteiger partial charge in [0, 0.05) is 54.1 Å². The van der Waals surface area contributed by atoms with E-state index in [0.29, 0.717) is 11.7 Å². The molecule has 5 rings (SSSR count). The van der Waals surface area contributed by atoms with Gasteiger partial charge >= 0.3 is 0 Å². The molecule has 3 heterocycles. The monoisotopic (exact) mass is 445 g/mol. The zero-order valence-electron chi connectivity index (χ0n) is 19.0. The summed E-state index contributed by atoms with van der Waals surface area (Å²) in [4.78, 5) is 7.01. The first-order valence-corrected chi connectivity index (χ1v) is 11.7. The lowest BCUT2D eigenvalue weighted by Gasteiger charge is -2.31. The van der Waals surface area contributed by atoms with Crippen LogP contribution in [0.2, 0.25) is 0 Å². The Morgan fingerprint density at radius 3 is 2.64 bits per heavy atom. The topological polar surface area (TPSA) is 77.9 Å². The van der Waals surface area contributed by atoms with Crippen molar-refractivity contribution in [3.63, 3.8) is 0 Å². The molecule has 1 saturated heterocycles. The van der Waals surface area contributed by atoms with Crippen LogP contribution < -0.4 is 10.1 Å². The van der Waals surface area contributed by atoms with Crippen LogP contribution in [0.1, 0.15) is 35.4 Å². The highest BCUT2D eigenvalue weighted by atomic mass is 16.5. The number of hydrogen-bond acceptors (Lipinski definition) is 6. The minimum absolute atomic E-state index is 0.165. The Balaban J connectivity index is 1.37. The Bertz CT molecular complexity index is 1130. The largest absolute Gasteiger partial charge is 0.508 e. The van der Waals surface area contributed by atoms with Gasteiger partial charge in [0.1, 0.15) is 17.3 Å². The molecule has 0 amide bonds. The summed E-state index contributed by atoms with van der Waals surface area (Å²) >= 11 is 0.